The highest BCUT2D eigenvalue weighted by molar-refractivity contribution is 5.80. The van der Waals surface area contributed by atoms with Crippen LogP contribution in [0.5, 0.6) is 0 Å². The average molecular weight is 517 g/mol. The lowest BCUT2D eigenvalue weighted by atomic mass is 9.96. The highest BCUT2D eigenvalue weighted by atomic mass is 16.2. The van der Waals surface area contributed by atoms with Crippen LogP contribution in [0.25, 0.3) is 11.1 Å². The Hall–Kier alpha value is -3.95. The molecule has 5 rings (SSSR count). The molecule has 10 nitrogen and oxygen atoms in total. The van der Waals surface area contributed by atoms with Crippen LogP contribution in [0.2, 0.25) is 0 Å². The van der Waals surface area contributed by atoms with Crippen molar-refractivity contribution in [3.05, 3.63) is 54.1 Å². The van der Waals surface area contributed by atoms with Crippen LogP contribution < -0.4 is 15.1 Å². The second-order valence-corrected chi connectivity index (χ2v) is 10.1. The molecule has 1 aromatic carbocycles. The third-order valence-electron chi connectivity index (χ3n) is 7.61. The number of aryl methyl sites for hydroxylation is 2. The highest BCUT2D eigenvalue weighted by Gasteiger charge is 2.26. The fourth-order valence-corrected chi connectivity index (χ4v) is 5.42. The molecule has 200 valence electrons. The number of hydrogen-bond acceptors (Lipinski definition) is 7. The molecule has 3 aromatic rings. The Morgan fingerprint density at radius 3 is 2.26 bits per heavy atom. The third kappa shape index (κ3) is 5.49. The van der Waals surface area contributed by atoms with Gasteiger partial charge in [-0.05, 0) is 38.8 Å². The summed E-state index contributed by atoms with van der Waals surface area (Å²) in [6.07, 6.45) is 5.40. The molecule has 2 saturated heterocycles. The van der Waals surface area contributed by atoms with Gasteiger partial charge in [-0.3, -0.25) is 14.3 Å². The fraction of sp³-hybridized carbons (Fsp3) is 0.464. The van der Waals surface area contributed by atoms with Gasteiger partial charge < -0.3 is 20.0 Å². The van der Waals surface area contributed by atoms with Crippen molar-refractivity contribution in [3.63, 3.8) is 0 Å². The summed E-state index contributed by atoms with van der Waals surface area (Å²) in [7, 11) is 1.69. The van der Waals surface area contributed by atoms with Crippen LogP contribution in [0.4, 0.5) is 11.6 Å². The first-order valence-electron chi connectivity index (χ1n) is 13.3. The van der Waals surface area contributed by atoms with E-state index in [2.05, 4.69) is 42.3 Å². The summed E-state index contributed by atoms with van der Waals surface area (Å²) >= 11 is 0. The van der Waals surface area contributed by atoms with E-state index in [1.807, 2.05) is 49.3 Å². The van der Waals surface area contributed by atoms with Crippen molar-refractivity contribution in [2.75, 3.05) is 56.1 Å². The number of nitrogens with zero attached hydrogens (tertiary/aromatic N) is 7. The molecule has 0 saturated carbocycles. The molecule has 0 spiro atoms. The van der Waals surface area contributed by atoms with Gasteiger partial charge in [-0.25, -0.2) is 9.97 Å². The van der Waals surface area contributed by atoms with E-state index >= 15 is 0 Å². The minimum Gasteiger partial charge on any atom is -0.367 e. The van der Waals surface area contributed by atoms with Gasteiger partial charge in [0.05, 0.1) is 5.69 Å². The normalized spacial score (nSPS) is 16.6. The first-order valence-corrected chi connectivity index (χ1v) is 13.3. The largest absolute Gasteiger partial charge is 0.367 e. The third-order valence-corrected chi connectivity index (χ3v) is 7.61. The number of piperazine rings is 1. The van der Waals surface area contributed by atoms with Gasteiger partial charge in [0.2, 0.25) is 17.8 Å². The minimum absolute atomic E-state index is 0.0667. The Kier molecular flexibility index (Phi) is 7.57. The van der Waals surface area contributed by atoms with Gasteiger partial charge in [0, 0.05) is 87.1 Å². The summed E-state index contributed by atoms with van der Waals surface area (Å²) < 4.78 is 1.78. The topological polar surface area (TPSA) is 99.5 Å². The molecule has 2 aliphatic heterocycles. The first-order chi connectivity index (χ1) is 18.4. The quantitative estimate of drug-likeness (QED) is 0.537. The lowest BCUT2D eigenvalue weighted by Gasteiger charge is -2.37. The van der Waals surface area contributed by atoms with Crippen LogP contribution in [-0.4, -0.2) is 82.8 Å². The van der Waals surface area contributed by atoms with Gasteiger partial charge in [-0.15, -0.1) is 0 Å². The van der Waals surface area contributed by atoms with Crippen molar-refractivity contribution in [2.45, 2.75) is 33.2 Å². The van der Waals surface area contributed by atoms with E-state index in [1.165, 1.54) is 0 Å². The number of para-hydroxylation sites is 1. The maximum absolute atomic E-state index is 12.9. The van der Waals surface area contributed by atoms with E-state index in [0.717, 1.165) is 67.2 Å². The maximum Gasteiger partial charge on any atom is 0.244 e. The highest BCUT2D eigenvalue weighted by Crippen LogP contribution is 2.31. The molecule has 2 amide bonds. The Morgan fingerprint density at radius 2 is 1.63 bits per heavy atom. The number of amides is 2. The monoisotopic (exact) mass is 516 g/mol. The SMILES string of the molecule is CNC(=O)C1CCN(c2ncc(-c3ccccc3N3CCN(C(=O)Cn4nc(C)cc4C)CC3)cn2)CC1. The van der Waals surface area contributed by atoms with Crippen molar-refractivity contribution in [3.8, 4) is 11.1 Å². The molecule has 2 aliphatic rings. The van der Waals surface area contributed by atoms with Crippen molar-refractivity contribution < 1.29 is 9.59 Å². The van der Waals surface area contributed by atoms with E-state index in [9.17, 15) is 9.59 Å². The number of rotatable bonds is 6. The molecule has 2 aromatic heterocycles. The lowest BCUT2D eigenvalue weighted by molar-refractivity contribution is -0.132. The molecule has 1 N–H and O–H groups in total. The maximum atomic E-state index is 12.9. The number of anilines is 2. The number of piperidine rings is 1. The molecule has 4 heterocycles. The summed E-state index contributed by atoms with van der Waals surface area (Å²) in [5.74, 6) is 0.992. The minimum atomic E-state index is 0.0667. The number of aromatic nitrogens is 4. The van der Waals surface area contributed by atoms with Crippen molar-refractivity contribution in [1.29, 1.82) is 0 Å². The van der Waals surface area contributed by atoms with E-state index in [-0.39, 0.29) is 24.3 Å². The summed E-state index contributed by atoms with van der Waals surface area (Å²) in [5, 5.41) is 7.18. The van der Waals surface area contributed by atoms with Crippen LogP contribution >= 0.6 is 0 Å². The number of carbonyl (C=O) groups is 2. The lowest BCUT2D eigenvalue weighted by Crippen LogP contribution is -2.49. The molecule has 0 radical (unpaired) electrons. The van der Waals surface area contributed by atoms with Crippen LogP contribution in [0.3, 0.4) is 0 Å². The zero-order chi connectivity index (χ0) is 26.6. The van der Waals surface area contributed by atoms with Crippen molar-refractivity contribution in [2.24, 2.45) is 5.92 Å². The van der Waals surface area contributed by atoms with Crippen molar-refractivity contribution in [1.82, 2.24) is 30.0 Å². The predicted molar refractivity (Wildman–Crippen MR) is 147 cm³/mol. The van der Waals surface area contributed by atoms with Gasteiger partial charge in [-0.2, -0.15) is 5.10 Å². The van der Waals surface area contributed by atoms with Gasteiger partial charge >= 0.3 is 0 Å². The number of hydrogen-bond donors (Lipinski definition) is 1. The number of carbonyl (C=O) groups excluding carboxylic acids is 2. The van der Waals surface area contributed by atoms with Gasteiger partial charge in [0.1, 0.15) is 6.54 Å². The Morgan fingerprint density at radius 1 is 0.947 bits per heavy atom. The molecule has 0 unspecified atom stereocenters. The Labute approximate surface area is 223 Å². The molecular weight excluding hydrogens is 480 g/mol. The molecule has 38 heavy (non-hydrogen) atoms. The van der Waals surface area contributed by atoms with Gasteiger partial charge in [0.25, 0.3) is 0 Å². The molecule has 10 heteroatoms. The Balaban J connectivity index is 1.22. The van der Waals surface area contributed by atoms with E-state index in [1.54, 1.807) is 11.7 Å². The number of nitrogens with one attached hydrogen (secondary N) is 1. The van der Waals surface area contributed by atoms with E-state index in [4.69, 9.17) is 0 Å². The molecule has 0 atom stereocenters. The van der Waals surface area contributed by atoms with Gasteiger partial charge in [-0.1, -0.05) is 18.2 Å². The van der Waals surface area contributed by atoms with Crippen LogP contribution in [-0.2, 0) is 16.1 Å². The summed E-state index contributed by atoms with van der Waals surface area (Å²) in [6.45, 7) is 8.63. The first kappa shape index (κ1) is 25.7. The van der Waals surface area contributed by atoms with Crippen LogP contribution in [0.1, 0.15) is 24.2 Å². The van der Waals surface area contributed by atoms with Crippen molar-refractivity contribution >= 4 is 23.5 Å². The zero-order valence-electron chi connectivity index (χ0n) is 22.4. The Bertz CT molecular complexity index is 1270. The molecule has 0 aliphatic carbocycles. The molecule has 0 bridgehead atoms. The predicted octanol–water partition coefficient (Wildman–Crippen LogP) is 2.27. The van der Waals surface area contributed by atoms with E-state index < -0.39 is 0 Å². The average Bonchev–Trinajstić information content (AvgIpc) is 3.28. The van der Waals surface area contributed by atoms with Crippen LogP contribution in [0.15, 0.2) is 42.7 Å². The summed E-state index contributed by atoms with van der Waals surface area (Å²) in [6, 6.07) is 10.3. The summed E-state index contributed by atoms with van der Waals surface area (Å²) in [5.41, 5.74) is 5.11. The standard InChI is InChI=1S/C28H36N8O2/c1-20-16-21(2)36(32-20)19-26(37)34-14-12-33(13-15-34)25-7-5-4-6-24(25)23-17-30-28(31-18-23)35-10-8-22(9-11-35)27(38)29-3/h4-7,16-18,22H,8-15,19H2,1-3H3,(H,29,38). The second kappa shape index (κ2) is 11.2. The van der Waals surface area contributed by atoms with Crippen LogP contribution in [0, 0.1) is 19.8 Å². The molecular formula is C28H36N8O2. The fourth-order valence-electron chi connectivity index (χ4n) is 5.42. The van der Waals surface area contributed by atoms with Gasteiger partial charge in [0.15, 0.2) is 0 Å². The zero-order valence-corrected chi connectivity index (χ0v) is 22.4. The smallest absolute Gasteiger partial charge is 0.244 e. The second-order valence-electron chi connectivity index (χ2n) is 10.1. The van der Waals surface area contributed by atoms with E-state index in [0.29, 0.717) is 19.0 Å². The molecule has 2 fully saturated rings. The summed E-state index contributed by atoms with van der Waals surface area (Å²) in [4.78, 5) is 40.6. The number of benzene rings is 1.